The lowest BCUT2D eigenvalue weighted by atomic mass is 9.96. The lowest BCUT2D eigenvalue weighted by Gasteiger charge is -2.18. The molecule has 1 aromatic rings. The van der Waals surface area contributed by atoms with Crippen LogP contribution in [0.1, 0.15) is 68.2 Å². The van der Waals surface area contributed by atoms with E-state index in [-0.39, 0.29) is 11.6 Å². The molecule has 19 heavy (non-hydrogen) atoms. The maximum atomic E-state index is 11.2. The van der Waals surface area contributed by atoms with Gasteiger partial charge in [0.15, 0.2) is 11.7 Å². The van der Waals surface area contributed by atoms with E-state index in [1.165, 1.54) is 4.68 Å². The summed E-state index contributed by atoms with van der Waals surface area (Å²) in [6.07, 6.45) is 1.74. The predicted molar refractivity (Wildman–Crippen MR) is 67.3 cm³/mol. The summed E-state index contributed by atoms with van der Waals surface area (Å²) in [6.45, 7) is 5.58. The Balaban J connectivity index is 3.40. The van der Waals surface area contributed by atoms with Crippen molar-refractivity contribution in [2.75, 3.05) is 0 Å². The molecule has 0 aliphatic heterocycles. The molecule has 0 radical (unpaired) electrons. The van der Waals surface area contributed by atoms with E-state index in [2.05, 4.69) is 10.3 Å². The summed E-state index contributed by atoms with van der Waals surface area (Å²) >= 11 is 0. The average molecular weight is 269 g/mol. The predicted octanol–water partition coefficient (Wildman–Crippen LogP) is 1.92. The molecule has 0 bridgehead atoms. The molecule has 1 heterocycles. The zero-order valence-corrected chi connectivity index (χ0v) is 11.3. The maximum Gasteiger partial charge on any atom is 0.358 e. The van der Waals surface area contributed by atoms with Crippen LogP contribution in [0.2, 0.25) is 0 Å². The quantitative estimate of drug-likeness (QED) is 0.783. The highest BCUT2D eigenvalue weighted by Gasteiger charge is 2.30. The highest BCUT2D eigenvalue weighted by molar-refractivity contribution is 5.87. The molecule has 1 unspecified atom stereocenters. The van der Waals surface area contributed by atoms with Gasteiger partial charge in [-0.3, -0.25) is 0 Å². The molecule has 1 aromatic heterocycles. The van der Waals surface area contributed by atoms with Gasteiger partial charge < -0.3 is 10.2 Å². The van der Waals surface area contributed by atoms with Gasteiger partial charge in [0.05, 0.1) is 5.69 Å². The number of aliphatic carboxylic acids is 1. The number of hydrogen-bond donors (Lipinski definition) is 2. The second kappa shape index (κ2) is 6.31. The van der Waals surface area contributed by atoms with E-state index in [4.69, 9.17) is 5.11 Å². The van der Waals surface area contributed by atoms with Crippen molar-refractivity contribution in [1.82, 2.24) is 15.0 Å². The largest absolute Gasteiger partial charge is 0.480 e. The molecular formula is C12H19N3O4. The number of carboxylic acids is 2. The minimum atomic E-state index is -1.17. The van der Waals surface area contributed by atoms with Crippen molar-refractivity contribution < 1.29 is 19.8 Å². The van der Waals surface area contributed by atoms with E-state index >= 15 is 0 Å². The van der Waals surface area contributed by atoms with Crippen molar-refractivity contribution in [3.05, 3.63) is 11.4 Å². The van der Waals surface area contributed by atoms with Crippen LogP contribution in [0.25, 0.3) is 0 Å². The molecular weight excluding hydrogens is 250 g/mol. The van der Waals surface area contributed by atoms with Crippen LogP contribution in [0.15, 0.2) is 0 Å². The Labute approximate surface area is 111 Å². The second-order valence-corrected chi connectivity index (χ2v) is 4.35. The van der Waals surface area contributed by atoms with E-state index in [0.29, 0.717) is 25.0 Å². The van der Waals surface area contributed by atoms with Crippen LogP contribution >= 0.6 is 0 Å². The molecule has 0 aromatic carbocycles. The standard InChI is InChI=1S/C12H19N3O4/c1-4-7(5-2)10-9(12(18)19)13-14-15(10)8(6-3)11(16)17/h7-8H,4-6H2,1-3H3,(H,16,17)(H,18,19). The number of aromatic nitrogens is 3. The van der Waals surface area contributed by atoms with E-state index in [0.717, 1.165) is 0 Å². The zero-order valence-electron chi connectivity index (χ0n) is 11.3. The summed E-state index contributed by atoms with van der Waals surface area (Å²) in [4.78, 5) is 22.4. The third kappa shape index (κ3) is 2.91. The van der Waals surface area contributed by atoms with Crippen LogP contribution in [0.4, 0.5) is 0 Å². The SMILES string of the molecule is CCC(CC)c1c(C(=O)O)nnn1C(CC)C(=O)O. The Morgan fingerprint density at radius 3 is 2.11 bits per heavy atom. The number of carboxylic acid groups (broad SMARTS) is 2. The summed E-state index contributed by atoms with van der Waals surface area (Å²) in [7, 11) is 0. The first-order valence-electron chi connectivity index (χ1n) is 6.38. The van der Waals surface area contributed by atoms with Crippen molar-refractivity contribution in [2.45, 2.75) is 52.0 Å². The van der Waals surface area contributed by atoms with Crippen LogP contribution in [0.5, 0.6) is 0 Å². The molecule has 0 aliphatic carbocycles. The topological polar surface area (TPSA) is 105 Å². The summed E-state index contributed by atoms with van der Waals surface area (Å²) in [5, 5.41) is 25.7. The van der Waals surface area contributed by atoms with Gasteiger partial charge in [-0.1, -0.05) is 26.0 Å². The number of hydrogen-bond acceptors (Lipinski definition) is 4. The molecule has 0 aliphatic rings. The van der Waals surface area contributed by atoms with Crippen LogP contribution in [0, 0.1) is 0 Å². The van der Waals surface area contributed by atoms with Gasteiger partial charge in [-0.2, -0.15) is 0 Å². The van der Waals surface area contributed by atoms with Gasteiger partial charge in [-0.15, -0.1) is 5.10 Å². The fourth-order valence-corrected chi connectivity index (χ4v) is 2.19. The van der Waals surface area contributed by atoms with Crippen LogP contribution < -0.4 is 0 Å². The van der Waals surface area contributed by atoms with Crippen LogP contribution in [-0.2, 0) is 4.79 Å². The number of rotatable bonds is 7. The number of carbonyl (C=O) groups is 2. The molecule has 7 nitrogen and oxygen atoms in total. The fraction of sp³-hybridized carbons (Fsp3) is 0.667. The van der Waals surface area contributed by atoms with Gasteiger partial charge in [-0.25, -0.2) is 14.3 Å². The van der Waals surface area contributed by atoms with Crippen LogP contribution in [0.3, 0.4) is 0 Å². The molecule has 0 fully saturated rings. The fourth-order valence-electron chi connectivity index (χ4n) is 2.19. The summed E-state index contributed by atoms with van der Waals surface area (Å²) < 4.78 is 1.25. The van der Waals surface area contributed by atoms with Gasteiger partial charge in [0.25, 0.3) is 0 Å². The molecule has 7 heteroatoms. The lowest BCUT2D eigenvalue weighted by molar-refractivity contribution is -0.141. The molecule has 0 saturated heterocycles. The van der Waals surface area contributed by atoms with E-state index in [1.807, 2.05) is 13.8 Å². The monoisotopic (exact) mass is 269 g/mol. The smallest absolute Gasteiger partial charge is 0.358 e. The highest BCUT2D eigenvalue weighted by Crippen LogP contribution is 2.28. The maximum absolute atomic E-state index is 11.2. The number of aromatic carboxylic acids is 1. The zero-order chi connectivity index (χ0) is 14.6. The normalized spacial score (nSPS) is 12.6. The minimum absolute atomic E-state index is 0.0606. The first-order chi connectivity index (χ1) is 8.97. The number of nitrogens with zero attached hydrogens (tertiary/aromatic N) is 3. The molecule has 2 N–H and O–H groups in total. The summed E-state index contributed by atoms with van der Waals surface area (Å²) in [5.74, 6) is -2.26. The Kier molecular flexibility index (Phi) is 5.02. The molecule has 106 valence electrons. The summed E-state index contributed by atoms with van der Waals surface area (Å²) in [6, 6.07) is -0.879. The molecule has 0 amide bonds. The molecule has 0 saturated carbocycles. The third-order valence-electron chi connectivity index (χ3n) is 3.27. The van der Waals surface area contributed by atoms with Crippen molar-refractivity contribution in [3.8, 4) is 0 Å². The van der Waals surface area contributed by atoms with Crippen molar-refractivity contribution in [3.63, 3.8) is 0 Å². The van der Waals surface area contributed by atoms with Crippen molar-refractivity contribution in [2.24, 2.45) is 0 Å². The van der Waals surface area contributed by atoms with E-state index < -0.39 is 18.0 Å². The average Bonchev–Trinajstić information content (AvgIpc) is 2.76. The minimum Gasteiger partial charge on any atom is -0.480 e. The van der Waals surface area contributed by atoms with E-state index in [9.17, 15) is 14.7 Å². The Bertz CT molecular complexity index is 466. The van der Waals surface area contributed by atoms with Gasteiger partial charge in [0, 0.05) is 5.92 Å². The third-order valence-corrected chi connectivity index (χ3v) is 3.27. The molecule has 0 spiro atoms. The lowest BCUT2D eigenvalue weighted by Crippen LogP contribution is -2.23. The first kappa shape index (κ1) is 15.1. The van der Waals surface area contributed by atoms with Gasteiger partial charge in [0.2, 0.25) is 0 Å². The Morgan fingerprint density at radius 2 is 1.74 bits per heavy atom. The van der Waals surface area contributed by atoms with Crippen LogP contribution in [-0.4, -0.2) is 37.1 Å². The Morgan fingerprint density at radius 1 is 1.16 bits per heavy atom. The second-order valence-electron chi connectivity index (χ2n) is 4.35. The Hall–Kier alpha value is -1.92. The first-order valence-corrected chi connectivity index (χ1v) is 6.38. The van der Waals surface area contributed by atoms with Crippen molar-refractivity contribution >= 4 is 11.9 Å². The van der Waals surface area contributed by atoms with Gasteiger partial charge in [0.1, 0.15) is 0 Å². The molecule has 1 rings (SSSR count). The van der Waals surface area contributed by atoms with Crippen molar-refractivity contribution in [1.29, 1.82) is 0 Å². The highest BCUT2D eigenvalue weighted by atomic mass is 16.4. The molecule has 1 atom stereocenters. The van der Waals surface area contributed by atoms with Gasteiger partial charge >= 0.3 is 11.9 Å². The van der Waals surface area contributed by atoms with E-state index in [1.54, 1.807) is 6.92 Å². The summed E-state index contributed by atoms with van der Waals surface area (Å²) in [5.41, 5.74) is 0.264. The van der Waals surface area contributed by atoms with Gasteiger partial charge in [-0.05, 0) is 19.3 Å².